The normalized spacial score (nSPS) is 16.4. The van der Waals surface area contributed by atoms with Crippen LogP contribution in [-0.4, -0.2) is 44.7 Å². The molecule has 0 bridgehead atoms. The molecule has 2 amide bonds. The molecule has 0 aliphatic carbocycles. The van der Waals surface area contributed by atoms with Crippen molar-refractivity contribution in [2.24, 2.45) is 0 Å². The Balaban J connectivity index is 1.87. The second-order valence-electron chi connectivity index (χ2n) is 4.88. The van der Waals surface area contributed by atoms with Gasteiger partial charge in [-0.2, -0.15) is 0 Å². The Morgan fingerprint density at radius 1 is 1.30 bits per heavy atom. The number of hydrogen-bond donors (Lipinski definition) is 2. The molecular weight excluding hydrogens is 304 g/mol. The third-order valence-corrected chi connectivity index (χ3v) is 3.31. The predicted octanol–water partition coefficient (Wildman–Crippen LogP) is 0.464. The summed E-state index contributed by atoms with van der Waals surface area (Å²) in [6.45, 7) is -0.444. The maximum atomic E-state index is 11.9. The van der Waals surface area contributed by atoms with E-state index in [4.69, 9.17) is 14.2 Å². The van der Waals surface area contributed by atoms with Crippen molar-refractivity contribution in [3.05, 3.63) is 18.2 Å². The molecule has 8 nitrogen and oxygen atoms in total. The highest BCUT2D eigenvalue weighted by molar-refractivity contribution is 5.95. The van der Waals surface area contributed by atoms with E-state index in [0.717, 1.165) is 0 Å². The lowest BCUT2D eigenvalue weighted by atomic mass is 10.2. The summed E-state index contributed by atoms with van der Waals surface area (Å²) in [6.07, 6.45) is 0.667. The number of carbonyl (C=O) groups is 3. The lowest BCUT2D eigenvalue weighted by Crippen LogP contribution is -2.36. The molecule has 1 aromatic carbocycles. The summed E-state index contributed by atoms with van der Waals surface area (Å²) >= 11 is 0. The minimum absolute atomic E-state index is 0.195. The van der Waals surface area contributed by atoms with Crippen molar-refractivity contribution in [1.82, 2.24) is 5.32 Å². The van der Waals surface area contributed by atoms with Crippen LogP contribution in [0.3, 0.4) is 0 Å². The average Bonchev–Trinajstić information content (AvgIpc) is 2.99. The Labute approximate surface area is 133 Å². The van der Waals surface area contributed by atoms with E-state index in [1.807, 2.05) is 0 Å². The quantitative estimate of drug-likeness (QED) is 0.738. The number of nitrogens with one attached hydrogen (secondary N) is 2. The number of esters is 1. The molecule has 1 aromatic rings. The lowest BCUT2D eigenvalue weighted by molar-refractivity contribution is -0.149. The summed E-state index contributed by atoms with van der Waals surface area (Å²) in [5.74, 6) is -0.312. The summed E-state index contributed by atoms with van der Waals surface area (Å²) in [4.78, 5) is 34.6. The van der Waals surface area contributed by atoms with Gasteiger partial charge in [0.25, 0.3) is 5.91 Å². The van der Waals surface area contributed by atoms with Crippen LogP contribution in [0.25, 0.3) is 0 Å². The Morgan fingerprint density at radius 3 is 2.70 bits per heavy atom. The molecule has 8 heteroatoms. The van der Waals surface area contributed by atoms with Crippen LogP contribution in [-0.2, 0) is 19.1 Å². The van der Waals surface area contributed by atoms with E-state index in [1.165, 1.54) is 14.2 Å². The fourth-order valence-corrected chi connectivity index (χ4v) is 2.12. The zero-order valence-corrected chi connectivity index (χ0v) is 12.9. The molecule has 1 fully saturated rings. The van der Waals surface area contributed by atoms with Crippen molar-refractivity contribution in [3.8, 4) is 11.5 Å². The lowest BCUT2D eigenvalue weighted by Gasteiger charge is -2.13. The topological polar surface area (TPSA) is 103 Å². The average molecular weight is 322 g/mol. The maximum Gasteiger partial charge on any atom is 0.329 e. The molecule has 2 rings (SSSR count). The molecule has 1 heterocycles. The zero-order valence-electron chi connectivity index (χ0n) is 12.9. The third kappa shape index (κ3) is 4.35. The molecule has 1 aliphatic rings. The van der Waals surface area contributed by atoms with Gasteiger partial charge in [0.05, 0.1) is 19.9 Å². The number of ether oxygens (including phenoxy) is 3. The van der Waals surface area contributed by atoms with E-state index in [2.05, 4.69) is 10.6 Å². The summed E-state index contributed by atoms with van der Waals surface area (Å²) in [5, 5.41) is 5.06. The van der Waals surface area contributed by atoms with Crippen molar-refractivity contribution in [2.75, 3.05) is 26.1 Å². The van der Waals surface area contributed by atoms with Crippen molar-refractivity contribution < 1.29 is 28.6 Å². The molecule has 124 valence electrons. The van der Waals surface area contributed by atoms with Crippen LogP contribution < -0.4 is 20.1 Å². The van der Waals surface area contributed by atoms with Crippen LogP contribution in [0.2, 0.25) is 0 Å². The molecule has 2 N–H and O–H groups in total. The van der Waals surface area contributed by atoms with Gasteiger partial charge in [-0.25, -0.2) is 4.79 Å². The second-order valence-corrected chi connectivity index (χ2v) is 4.88. The molecule has 23 heavy (non-hydrogen) atoms. The zero-order chi connectivity index (χ0) is 16.8. The molecule has 1 saturated heterocycles. The summed E-state index contributed by atoms with van der Waals surface area (Å²) < 4.78 is 15.1. The van der Waals surface area contributed by atoms with Crippen molar-refractivity contribution in [3.63, 3.8) is 0 Å². The molecule has 0 saturated carbocycles. The van der Waals surface area contributed by atoms with Crippen molar-refractivity contribution in [2.45, 2.75) is 18.9 Å². The molecule has 0 unspecified atom stereocenters. The van der Waals surface area contributed by atoms with E-state index in [9.17, 15) is 14.4 Å². The number of carbonyl (C=O) groups excluding carboxylic acids is 3. The highest BCUT2D eigenvalue weighted by Crippen LogP contribution is 2.28. The number of hydrogen-bond acceptors (Lipinski definition) is 6. The largest absolute Gasteiger partial charge is 0.497 e. The van der Waals surface area contributed by atoms with E-state index < -0.39 is 24.5 Å². The van der Waals surface area contributed by atoms with Gasteiger partial charge in [0.15, 0.2) is 6.61 Å². The van der Waals surface area contributed by atoms with Gasteiger partial charge in [-0.05, 0) is 18.6 Å². The number of anilines is 1. The Hall–Kier alpha value is -2.77. The van der Waals surface area contributed by atoms with Gasteiger partial charge in [-0.1, -0.05) is 0 Å². The first kappa shape index (κ1) is 16.6. The van der Waals surface area contributed by atoms with E-state index in [1.54, 1.807) is 18.2 Å². The fourth-order valence-electron chi connectivity index (χ4n) is 2.12. The summed E-state index contributed by atoms with van der Waals surface area (Å²) in [5.41, 5.74) is 0.434. The van der Waals surface area contributed by atoms with Crippen LogP contribution in [0.1, 0.15) is 12.8 Å². The maximum absolute atomic E-state index is 11.9. The third-order valence-electron chi connectivity index (χ3n) is 3.31. The number of methoxy groups -OCH3 is 2. The molecule has 0 spiro atoms. The van der Waals surface area contributed by atoms with Crippen molar-refractivity contribution in [1.29, 1.82) is 0 Å². The van der Waals surface area contributed by atoms with Gasteiger partial charge in [-0.3, -0.25) is 9.59 Å². The highest BCUT2D eigenvalue weighted by atomic mass is 16.5. The highest BCUT2D eigenvalue weighted by Gasteiger charge is 2.28. The predicted molar refractivity (Wildman–Crippen MR) is 80.3 cm³/mol. The Morgan fingerprint density at radius 2 is 2.09 bits per heavy atom. The van der Waals surface area contributed by atoms with Gasteiger partial charge < -0.3 is 24.8 Å². The molecule has 0 aromatic heterocycles. The first-order valence-corrected chi connectivity index (χ1v) is 7.01. The number of rotatable bonds is 6. The van der Waals surface area contributed by atoms with Gasteiger partial charge >= 0.3 is 5.97 Å². The van der Waals surface area contributed by atoms with Crippen LogP contribution in [0.15, 0.2) is 18.2 Å². The molecule has 1 atom stereocenters. The monoisotopic (exact) mass is 322 g/mol. The van der Waals surface area contributed by atoms with Gasteiger partial charge in [0.2, 0.25) is 5.91 Å². The van der Waals surface area contributed by atoms with Gasteiger partial charge in [0.1, 0.15) is 17.5 Å². The first-order valence-electron chi connectivity index (χ1n) is 7.01. The van der Waals surface area contributed by atoms with Crippen molar-refractivity contribution >= 4 is 23.5 Å². The molecule has 1 aliphatic heterocycles. The summed E-state index contributed by atoms with van der Waals surface area (Å²) in [6, 6.07) is 4.23. The second kappa shape index (κ2) is 7.48. The van der Waals surface area contributed by atoms with E-state index >= 15 is 0 Å². The first-order chi connectivity index (χ1) is 11.0. The van der Waals surface area contributed by atoms with Crippen LogP contribution in [0.5, 0.6) is 11.5 Å². The van der Waals surface area contributed by atoms with Gasteiger partial charge in [-0.15, -0.1) is 0 Å². The standard InChI is InChI=1S/C15H18N2O6/c1-21-9-3-4-10(12(7-9)22-2)16-14(19)8-23-15(20)11-5-6-13(18)17-11/h3-4,7,11H,5-6,8H2,1-2H3,(H,16,19)(H,17,18)/t11-/m1/s1. The Kier molecular flexibility index (Phi) is 5.40. The fraction of sp³-hybridized carbons (Fsp3) is 0.400. The number of benzene rings is 1. The smallest absolute Gasteiger partial charge is 0.329 e. The van der Waals surface area contributed by atoms with Crippen LogP contribution in [0, 0.1) is 0 Å². The van der Waals surface area contributed by atoms with E-state index in [0.29, 0.717) is 23.6 Å². The minimum atomic E-state index is -0.675. The summed E-state index contributed by atoms with van der Waals surface area (Å²) in [7, 11) is 2.99. The van der Waals surface area contributed by atoms with Gasteiger partial charge in [0, 0.05) is 12.5 Å². The minimum Gasteiger partial charge on any atom is -0.497 e. The molecule has 0 radical (unpaired) electrons. The van der Waals surface area contributed by atoms with Crippen LogP contribution >= 0.6 is 0 Å². The van der Waals surface area contributed by atoms with E-state index in [-0.39, 0.29) is 12.3 Å². The number of amides is 2. The Bertz CT molecular complexity index is 616. The molecular formula is C15H18N2O6. The van der Waals surface area contributed by atoms with Crippen LogP contribution in [0.4, 0.5) is 5.69 Å². The SMILES string of the molecule is COc1ccc(NC(=O)COC(=O)[C@H]2CCC(=O)N2)c(OC)c1.